The highest BCUT2D eigenvalue weighted by molar-refractivity contribution is 5.94. The summed E-state index contributed by atoms with van der Waals surface area (Å²) in [7, 11) is 0. The maximum absolute atomic E-state index is 12.6. The summed E-state index contributed by atoms with van der Waals surface area (Å²) < 4.78 is 6.15. The molecule has 1 atom stereocenters. The number of aromatic nitrogens is 3. The van der Waals surface area contributed by atoms with Crippen molar-refractivity contribution in [3.8, 4) is 0 Å². The molecular formula is C16H17N5O4. The number of hydrogen-bond acceptors (Lipinski definition) is 6. The van der Waals surface area contributed by atoms with Gasteiger partial charge in [-0.25, -0.2) is 14.3 Å². The van der Waals surface area contributed by atoms with E-state index in [4.69, 9.17) is 4.74 Å². The average molecular weight is 343 g/mol. The summed E-state index contributed by atoms with van der Waals surface area (Å²) >= 11 is 0. The van der Waals surface area contributed by atoms with Crippen LogP contribution in [0.5, 0.6) is 0 Å². The lowest BCUT2D eigenvalue weighted by Gasteiger charge is -2.26. The number of benzene rings is 1. The molecule has 130 valence electrons. The van der Waals surface area contributed by atoms with Gasteiger partial charge < -0.3 is 15.4 Å². The second-order valence-corrected chi connectivity index (χ2v) is 5.50. The van der Waals surface area contributed by atoms with Gasteiger partial charge in [-0.3, -0.25) is 4.79 Å². The SMILES string of the molecule is CCOC(=O)C1=C(Cn2nnc3ccccc3c2=O)NC(=O)N[C@H]1C. The molecule has 1 aliphatic heterocycles. The standard InChI is InChI=1S/C16H17N5O4/c1-3-25-15(23)13-9(2)17-16(24)18-12(13)8-21-14(22)10-6-4-5-7-11(10)19-20-21/h4-7,9H,3,8H2,1-2H3,(H2,17,18,24)/t9-/m0/s1. The number of ether oxygens (including phenoxy) is 1. The van der Waals surface area contributed by atoms with Crippen LogP contribution in [0.2, 0.25) is 0 Å². The highest BCUT2D eigenvalue weighted by atomic mass is 16.5. The predicted octanol–water partition coefficient (Wildman–Crippen LogP) is 0.310. The van der Waals surface area contributed by atoms with Gasteiger partial charge in [0.2, 0.25) is 0 Å². The zero-order valence-corrected chi connectivity index (χ0v) is 13.8. The van der Waals surface area contributed by atoms with E-state index in [9.17, 15) is 14.4 Å². The Morgan fingerprint density at radius 3 is 2.84 bits per heavy atom. The van der Waals surface area contributed by atoms with Gasteiger partial charge in [0, 0.05) is 0 Å². The maximum Gasteiger partial charge on any atom is 0.337 e. The summed E-state index contributed by atoms with van der Waals surface area (Å²) in [4.78, 5) is 36.5. The molecular weight excluding hydrogens is 326 g/mol. The highest BCUT2D eigenvalue weighted by Gasteiger charge is 2.30. The summed E-state index contributed by atoms with van der Waals surface area (Å²) in [6.07, 6.45) is 0. The van der Waals surface area contributed by atoms with Crippen LogP contribution in [-0.2, 0) is 16.1 Å². The molecule has 25 heavy (non-hydrogen) atoms. The Balaban J connectivity index is 2.05. The van der Waals surface area contributed by atoms with Crippen LogP contribution in [0.4, 0.5) is 4.79 Å². The van der Waals surface area contributed by atoms with Gasteiger partial charge in [0.15, 0.2) is 0 Å². The number of amides is 2. The molecule has 2 amide bonds. The van der Waals surface area contributed by atoms with Crippen LogP contribution in [0.15, 0.2) is 40.3 Å². The van der Waals surface area contributed by atoms with Crippen molar-refractivity contribution in [1.29, 1.82) is 0 Å². The number of nitrogens with zero attached hydrogens (tertiary/aromatic N) is 3. The number of allylic oxidation sites excluding steroid dienone is 1. The summed E-state index contributed by atoms with van der Waals surface area (Å²) in [6, 6.07) is 5.81. The Hall–Kier alpha value is -3.23. The Morgan fingerprint density at radius 1 is 1.32 bits per heavy atom. The van der Waals surface area contributed by atoms with Crippen molar-refractivity contribution < 1.29 is 14.3 Å². The molecule has 2 N–H and O–H groups in total. The summed E-state index contributed by atoms with van der Waals surface area (Å²) in [5.74, 6) is -0.556. The molecule has 9 nitrogen and oxygen atoms in total. The van der Waals surface area contributed by atoms with Crippen molar-refractivity contribution in [3.63, 3.8) is 0 Å². The fourth-order valence-corrected chi connectivity index (χ4v) is 2.68. The van der Waals surface area contributed by atoms with Crippen molar-refractivity contribution in [3.05, 3.63) is 45.9 Å². The lowest BCUT2D eigenvalue weighted by Crippen LogP contribution is -2.50. The van der Waals surface area contributed by atoms with Crippen LogP contribution in [0.1, 0.15) is 13.8 Å². The molecule has 1 aromatic heterocycles. The van der Waals surface area contributed by atoms with E-state index in [0.717, 1.165) is 4.68 Å². The van der Waals surface area contributed by atoms with Crippen LogP contribution in [0.25, 0.3) is 10.9 Å². The molecule has 0 saturated heterocycles. The van der Waals surface area contributed by atoms with Gasteiger partial charge in [0.05, 0.1) is 35.8 Å². The number of carbonyl (C=O) groups is 2. The molecule has 3 rings (SSSR count). The van der Waals surface area contributed by atoms with Gasteiger partial charge in [-0.2, -0.15) is 0 Å². The monoisotopic (exact) mass is 343 g/mol. The minimum atomic E-state index is -0.556. The quantitative estimate of drug-likeness (QED) is 0.772. The van der Waals surface area contributed by atoms with E-state index in [1.807, 2.05) is 0 Å². The molecule has 0 bridgehead atoms. The van der Waals surface area contributed by atoms with Crippen LogP contribution in [0.3, 0.4) is 0 Å². The third-order valence-corrected chi connectivity index (χ3v) is 3.80. The molecule has 0 radical (unpaired) electrons. The Bertz CT molecular complexity index is 934. The van der Waals surface area contributed by atoms with Gasteiger partial charge in [-0.15, -0.1) is 5.10 Å². The number of fused-ring (bicyclic) bond motifs is 1. The summed E-state index contributed by atoms with van der Waals surface area (Å²) in [5.41, 5.74) is 0.637. The van der Waals surface area contributed by atoms with Crippen molar-refractivity contribution in [2.75, 3.05) is 6.61 Å². The number of rotatable bonds is 4. The number of hydrogen-bond donors (Lipinski definition) is 2. The normalized spacial score (nSPS) is 17.2. The van der Waals surface area contributed by atoms with Crippen molar-refractivity contribution >= 4 is 22.9 Å². The lowest BCUT2D eigenvalue weighted by molar-refractivity contribution is -0.139. The van der Waals surface area contributed by atoms with Crippen LogP contribution in [-0.4, -0.2) is 39.6 Å². The zero-order valence-electron chi connectivity index (χ0n) is 13.8. The summed E-state index contributed by atoms with van der Waals surface area (Å²) in [5, 5.41) is 13.4. The largest absolute Gasteiger partial charge is 0.463 e. The zero-order chi connectivity index (χ0) is 18.0. The van der Waals surface area contributed by atoms with Gasteiger partial charge in [-0.1, -0.05) is 17.3 Å². The van der Waals surface area contributed by atoms with Gasteiger partial charge in [-0.05, 0) is 26.0 Å². The molecule has 0 fully saturated rings. The van der Waals surface area contributed by atoms with Crippen molar-refractivity contribution in [2.45, 2.75) is 26.4 Å². The van der Waals surface area contributed by atoms with Crippen LogP contribution < -0.4 is 16.2 Å². The smallest absolute Gasteiger partial charge is 0.337 e. The molecule has 0 unspecified atom stereocenters. The predicted molar refractivity (Wildman–Crippen MR) is 88.6 cm³/mol. The molecule has 0 saturated carbocycles. The second-order valence-electron chi connectivity index (χ2n) is 5.50. The summed E-state index contributed by atoms with van der Waals surface area (Å²) in [6.45, 7) is 3.46. The van der Waals surface area contributed by atoms with E-state index < -0.39 is 18.0 Å². The molecule has 1 aliphatic rings. The number of nitrogens with one attached hydrogen (secondary N) is 2. The first kappa shape index (κ1) is 16.6. The third-order valence-electron chi connectivity index (χ3n) is 3.80. The van der Waals surface area contributed by atoms with E-state index in [1.54, 1.807) is 38.1 Å². The lowest BCUT2D eigenvalue weighted by atomic mass is 10.0. The van der Waals surface area contributed by atoms with Crippen LogP contribution in [0, 0.1) is 0 Å². The van der Waals surface area contributed by atoms with E-state index in [-0.39, 0.29) is 30.0 Å². The van der Waals surface area contributed by atoms with E-state index in [1.165, 1.54) is 0 Å². The molecule has 2 aromatic rings. The second kappa shape index (κ2) is 6.71. The first-order valence-electron chi connectivity index (χ1n) is 7.81. The molecule has 0 spiro atoms. The number of esters is 1. The van der Waals surface area contributed by atoms with E-state index >= 15 is 0 Å². The highest BCUT2D eigenvalue weighted by Crippen LogP contribution is 2.15. The van der Waals surface area contributed by atoms with Crippen molar-refractivity contribution in [2.24, 2.45) is 0 Å². The van der Waals surface area contributed by atoms with Gasteiger partial charge in [0.1, 0.15) is 5.52 Å². The Kier molecular flexibility index (Phi) is 4.46. The molecule has 9 heteroatoms. The van der Waals surface area contributed by atoms with E-state index in [0.29, 0.717) is 10.9 Å². The van der Waals surface area contributed by atoms with Crippen molar-refractivity contribution in [1.82, 2.24) is 25.6 Å². The van der Waals surface area contributed by atoms with Gasteiger partial charge >= 0.3 is 12.0 Å². The Labute approximate surface area is 142 Å². The maximum atomic E-state index is 12.6. The fourth-order valence-electron chi connectivity index (χ4n) is 2.68. The first-order chi connectivity index (χ1) is 12.0. The molecule has 1 aromatic carbocycles. The van der Waals surface area contributed by atoms with Gasteiger partial charge in [0.25, 0.3) is 5.56 Å². The van der Waals surface area contributed by atoms with E-state index in [2.05, 4.69) is 20.9 Å². The van der Waals surface area contributed by atoms with Crippen LogP contribution >= 0.6 is 0 Å². The number of urea groups is 1. The minimum Gasteiger partial charge on any atom is -0.463 e. The molecule has 0 aliphatic carbocycles. The fraction of sp³-hybridized carbons (Fsp3) is 0.312. The average Bonchev–Trinajstić information content (AvgIpc) is 2.57. The minimum absolute atomic E-state index is 0.0947. The Morgan fingerprint density at radius 2 is 2.08 bits per heavy atom. The number of carbonyl (C=O) groups excluding carboxylic acids is 2. The first-order valence-corrected chi connectivity index (χ1v) is 7.81. The third kappa shape index (κ3) is 3.21. The molecule has 2 heterocycles. The topological polar surface area (TPSA) is 115 Å².